The fraction of sp³-hybridized carbons (Fsp3) is 0.375. The summed E-state index contributed by atoms with van der Waals surface area (Å²) in [7, 11) is 0. The first kappa shape index (κ1) is 20.1. The Hall–Kier alpha value is -2.99. The second-order valence-electron chi connectivity index (χ2n) is 5.42. The number of amides is 1. The van der Waals surface area contributed by atoms with Crippen molar-refractivity contribution in [2.24, 2.45) is 11.7 Å². The smallest absolute Gasteiger partial charge is 0.320 e. The number of rotatable bonds is 9. The zero-order valence-corrected chi connectivity index (χ0v) is 13.2. The van der Waals surface area contributed by atoms with Gasteiger partial charge in [-0.25, -0.2) is 4.39 Å². The van der Waals surface area contributed by atoms with Gasteiger partial charge in [0.2, 0.25) is 0 Å². The first-order chi connectivity index (χ1) is 11.8. The van der Waals surface area contributed by atoms with Gasteiger partial charge in [0.25, 0.3) is 5.91 Å². The summed E-state index contributed by atoms with van der Waals surface area (Å²) in [4.78, 5) is 33.7. The van der Waals surface area contributed by atoms with Crippen molar-refractivity contribution < 1.29 is 29.0 Å². The first-order valence-corrected chi connectivity index (χ1v) is 7.45. The highest BCUT2D eigenvalue weighted by molar-refractivity contribution is 5.94. The maximum Gasteiger partial charge on any atom is 0.320 e. The molecule has 0 aliphatic carbocycles. The molecule has 0 radical (unpaired) electrons. The van der Waals surface area contributed by atoms with E-state index in [2.05, 4.69) is 5.32 Å². The van der Waals surface area contributed by atoms with Crippen LogP contribution in [0.4, 0.5) is 4.39 Å². The normalized spacial score (nSPS) is 12.7. The van der Waals surface area contributed by atoms with Crippen molar-refractivity contribution in [2.75, 3.05) is 6.54 Å². The van der Waals surface area contributed by atoms with Crippen LogP contribution in [0.15, 0.2) is 18.2 Å². The number of nitriles is 1. The summed E-state index contributed by atoms with van der Waals surface area (Å²) in [6.07, 6.45) is 0.229. The summed E-state index contributed by atoms with van der Waals surface area (Å²) >= 11 is 0. The quantitative estimate of drug-likeness (QED) is 0.478. The minimum Gasteiger partial charge on any atom is -0.481 e. The van der Waals surface area contributed by atoms with Crippen molar-refractivity contribution >= 4 is 17.8 Å². The summed E-state index contributed by atoms with van der Waals surface area (Å²) < 4.78 is 13.2. The van der Waals surface area contributed by atoms with E-state index in [-0.39, 0.29) is 30.5 Å². The number of hydrogen-bond donors (Lipinski definition) is 4. The van der Waals surface area contributed by atoms with Crippen LogP contribution < -0.4 is 11.1 Å². The van der Waals surface area contributed by atoms with Crippen LogP contribution in [0.3, 0.4) is 0 Å². The Labute approximate surface area is 143 Å². The lowest BCUT2D eigenvalue weighted by atomic mass is 9.95. The summed E-state index contributed by atoms with van der Waals surface area (Å²) in [6.45, 7) is 0.143. The fourth-order valence-electron chi connectivity index (χ4n) is 2.15. The van der Waals surface area contributed by atoms with Crippen LogP contribution in [0.2, 0.25) is 0 Å². The Morgan fingerprint density at radius 2 is 1.96 bits per heavy atom. The molecular formula is C16H18FN3O5. The monoisotopic (exact) mass is 351 g/mol. The number of nitrogens with one attached hydrogen (secondary N) is 1. The number of carboxylic acids is 2. The molecule has 1 rings (SSSR count). The Morgan fingerprint density at radius 3 is 2.52 bits per heavy atom. The average molecular weight is 351 g/mol. The first-order valence-electron chi connectivity index (χ1n) is 7.45. The van der Waals surface area contributed by atoms with Gasteiger partial charge in [-0.2, -0.15) is 5.26 Å². The predicted octanol–water partition coefficient (Wildman–Crippen LogP) is 0.710. The van der Waals surface area contributed by atoms with E-state index < -0.39 is 35.6 Å². The molecule has 9 heteroatoms. The van der Waals surface area contributed by atoms with Crippen LogP contribution in [-0.4, -0.2) is 40.6 Å². The van der Waals surface area contributed by atoms with Gasteiger partial charge < -0.3 is 21.3 Å². The number of carbonyl (C=O) groups is 3. The number of nitrogens with zero attached hydrogens (tertiary/aromatic N) is 1. The molecule has 134 valence electrons. The lowest BCUT2D eigenvalue weighted by molar-refractivity contribution is -0.143. The van der Waals surface area contributed by atoms with Crippen LogP contribution in [-0.2, 0) is 9.59 Å². The standard InChI is InChI=1S/C16H18FN3O5/c17-12-4-3-9(6-11(12)8-18)14(21)20-5-1-2-10(15(22)23)7-13(19)16(24)25/h3-4,6,10,13H,1-2,5,7,19H2,(H,20,21)(H,22,23)(H,24,25)/t10-,13-/m0/s1. The average Bonchev–Trinajstić information content (AvgIpc) is 2.57. The number of nitrogens with two attached hydrogens (primary N) is 1. The highest BCUT2D eigenvalue weighted by Gasteiger charge is 2.24. The molecule has 0 spiro atoms. The zero-order chi connectivity index (χ0) is 19.0. The van der Waals surface area contributed by atoms with E-state index in [4.69, 9.17) is 21.2 Å². The van der Waals surface area contributed by atoms with Gasteiger partial charge in [0.05, 0.1) is 11.5 Å². The Bertz CT molecular complexity index is 702. The van der Waals surface area contributed by atoms with Gasteiger partial charge in [-0.15, -0.1) is 0 Å². The summed E-state index contributed by atoms with van der Waals surface area (Å²) in [5, 5.41) is 29.1. The summed E-state index contributed by atoms with van der Waals surface area (Å²) in [6, 6.07) is 3.74. The third-order valence-electron chi connectivity index (χ3n) is 3.57. The second kappa shape index (κ2) is 9.34. The summed E-state index contributed by atoms with van der Waals surface area (Å²) in [5.74, 6) is -4.60. The molecule has 8 nitrogen and oxygen atoms in total. The largest absolute Gasteiger partial charge is 0.481 e. The van der Waals surface area contributed by atoms with E-state index in [1.165, 1.54) is 6.07 Å². The molecule has 0 fully saturated rings. The number of carboxylic acid groups (broad SMARTS) is 2. The van der Waals surface area contributed by atoms with Gasteiger partial charge >= 0.3 is 11.9 Å². The molecule has 1 amide bonds. The van der Waals surface area contributed by atoms with E-state index in [1.807, 2.05) is 0 Å². The topological polar surface area (TPSA) is 154 Å². The molecule has 0 aliphatic rings. The molecule has 0 aliphatic heterocycles. The molecule has 0 unspecified atom stereocenters. The second-order valence-corrected chi connectivity index (χ2v) is 5.42. The Kier molecular flexibility index (Phi) is 7.49. The molecule has 2 atom stereocenters. The van der Waals surface area contributed by atoms with Crippen LogP contribution in [0.25, 0.3) is 0 Å². The van der Waals surface area contributed by atoms with E-state index in [0.717, 1.165) is 12.1 Å². The molecule has 0 saturated heterocycles. The van der Waals surface area contributed by atoms with Gasteiger partial charge in [0.1, 0.15) is 17.9 Å². The highest BCUT2D eigenvalue weighted by Crippen LogP contribution is 2.14. The molecule has 0 bridgehead atoms. The van der Waals surface area contributed by atoms with E-state index in [0.29, 0.717) is 6.42 Å². The van der Waals surface area contributed by atoms with Gasteiger partial charge in [0, 0.05) is 12.1 Å². The minimum absolute atomic E-state index is 0.112. The van der Waals surface area contributed by atoms with Gasteiger partial charge in [-0.3, -0.25) is 14.4 Å². The fourth-order valence-corrected chi connectivity index (χ4v) is 2.15. The van der Waals surface area contributed by atoms with Crippen molar-refractivity contribution in [3.63, 3.8) is 0 Å². The lowest BCUT2D eigenvalue weighted by Gasteiger charge is -2.15. The van der Waals surface area contributed by atoms with Gasteiger partial charge in [-0.05, 0) is 37.5 Å². The number of aliphatic carboxylic acids is 2. The molecule has 1 aromatic rings. The number of hydrogen-bond acceptors (Lipinski definition) is 5. The van der Waals surface area contributed by atoms with Crippen LogP contribution >= 0.6 is 0 Å². The predicted molar refractivity (Wildman–Crippen MR) is 84.0 cm³/mol. The minimum atomic E-state index is -1.27. The number of carbonyl (C=O) groups excluding carboxylic acids is 1. The van der Waals surface area contributed by atoms with Gasteiger partial charge in [-0.1, -0.05) is 0 Å². The van der Waals surface area contributed by atoms with Crippen molar-refractivity contribution in [3.8, 4) is 6.07 Å². The molecular weight excluding hydrogens is 333 g/mol. The Balaban J connectivity index is 2.50. The number of halogens is 1. The third kappa shape index (κ3) is 6.19. The number of benzene rings is 1. The third-order valence-corrected chi connectivity index (χ3v) is 3.57. The highest BCUT2D eigenvalue weighted by atomic mass is 19.1. The van der Waals surface area contributed by atoms with Gasteiger partial charge in [0.15, 0.2) is 0 Å². The maximum atomic E-state index is 13.2. The maximum absolute atomic E-state index is 13.2. The molecule has 25 heavy (non-hydrogen) atoms. The summed E-state index contributed by atoms with van der Waals surface area (Å²) in [5.41, 5.74) is 5.20. The van der Waals surface area contributed by atoms with Crippen LogP contribution in [0.1, 0.15) is 35.2 Å². The van der Waals surface area contributed by atoms with Crippen LogP contribution in [0.5, 0.6) is 0 Å². The Morgan fingerprint density at radius 1 is 1.28 bits per heavy atom. The SMILES string of the molecule is N#Cc1cc(C(=O)NCCC[C@@H](C[C@H](N)C(=O)O)C(=O)O)ccc1F. The molecule has 1 aromatic carbocycles. The van der Waals surface area contributed by atoms with E-state index in [9.17, 15) is 18.8 Å². The zero-order valence-electron chi connectivity index (χ0n) is 13.2. The van der Waals surface area contributed by atoms with Crippen molar-refractivity contribution in [3.05, 3.63) is 35.1 Å². The molecule has 5 N–H and O–H groups in total. The molecule has 0 saturated carbocycles. The van der Waals surface area contributed by atoms with Crippen molar-refractivity contribution in [1.29, 1.82) is 5.26 Å². The lowest BCUT2D eigenvalue weighted by Crippen LogP contribution is -2.34. The van der Waals surface area contributed by atoms with Crippen molar-refractivity contribution in [1.82, 2.24) is 5.32 Å². The van der Waals surface area contributed by atoms with E-state index in [1.54, 1.807) is 6.07 Å². The molecule has 0 heterocycles. The van der Waals surface area contributed by atoms with Crippen molar-refractivity contribution in [2.45, 2.75) is 25.3 Å². The van der Waals surface area contributed by atoms with E-state index >= 15 is 0 Å². The van der Waals surface area contributed by atoms with Crippen LogP contribution in [0, 0.1) is 23.1 Å². The molecule has 0 aromatic heterocycles.